The van der Waals surface area contributed by atoms with Crippen LogP contribution >= 0.6 is 0 Å². The number of ether oxygens (including phenoxy) is 1. The van der Waals surface area contributed by atoms with Crippen molar-refractivity contribution in [2.45, 2.75) is 30.9 Å². The Labute approximate surface area is 181 Å². The second-order valence-electron chi connectivity index (χ2n) is 7.10. The Kier molecular flexibility index (Phi) is 7.18. The molecular formula is C20H25N5O5S. The Morgan fingerprint density at radius 3 is 2.23 bits per heavy atom. The van der Waals surface area contributed by atoms with Gasteiger partial charge in [0.2, 0.25) is 16.0 Å². The summed E-state index contributed by atoms with van der Waals surface area (Å²) < 4.78 is 32.2. The van der Waals surface area contributed by atoms with E-state index in [9.17, 15) is 18.0 Å². The highest BCUT2D eigenvalue weighted by Gasteiger charge is 2.30. The smallest absolute Gasteiger partial charge is 0.324 e. The number of nitrogens with zero attached hydrogens (tertiary/aromatic N) is 4. The summed E-state index contributed by atoms with van der Waals surface area (Å²) in [4.78, 5) is 37.0. The summed E-state index contributed by atoms with van der Waals surface area (Å²) in [6, 6.07) is 8.30. The van der Waals surface area contributed by atoms with Gasteiger partial charge in [-0.15, -0.1) is 0 Å². The van der Waals surface area contributed by atoms with Gasteiger partial charge < -0.3 is 14.5 Å². The quantitative estimate of drug-likeness (QED) is 0.606. The van der Waals surface area contributed by atoms with Crippen LogP contribution < -0.4 is 9.62 Å². The molecule has 0 radical (unpaired) electrons. The highest BCUT2D eigenvalue weighted by molar-refractivity contribution is 7.89. The zero-order chi connectivity index (χ0) is 22.4. The Bertz CT molecular complexity index is 995. The monoisotopic (exact) mass is 447 g/mol. The molecule has 2 heterocycles. The van der Waals surface area contributed by atoms with Gasteiger partial charge in [0.15, 0.2) is 6.10 Å². The maximum absolute atomic E-state index is 12.7. The molecule has 0 saturated carbocycles. The van der Waals surface area contributed by atoms with E-state index >= 15 is 0 Å². The van der Waals surface area contributed by atoms with Crippen LogP contribution in [0.2, 0.25) is 0 Å². The molecule has 11 heteroatoms. The largest absolute Gasteiger partial charge is 0.451 e. The van der Waals surface area contributed by atoms with E-state index in [-0.39, 0.29) is 10.8 Å². The van der Waals surface area contributed by atoms with E-state index < -0.39 is 28.1 Å². The first kappa shape index (κ1) is 22.6. The normalized spacial score (nSPS) is 16.5. The first-order chi connectivity index (χ1) is 14.8. The number of amides is 1. The molecule has 3 rings (SSSR count). The number of piperazine rings is 1. The molecule has 2 aromatic rings. The summed E-state index contributed by atoms with van der Waals surface area (Å²) in [5, 5.41) is 0. The Balaban J connectivity index is 1.50. The summed E-state index contributed by atoms with van der Waals surface area (Å²) in [7, 11) is -3.88. The minimum Gasteiger partial charge on any atom is -0.451 e. The molecule has 1 aliphatic rings. The summed E-state index contributed by atoms with van der Waals surface area (Å²) in [5.41, 5.74) is 0. The molecule has 1 saturated heterocycles. The fraction of sp³-hybridized carbons (Fsp3) is 0.400. The van der Waals surface area contributed by atoms with E-state index in [0.717, 1.165) is 0 Å². The third kappa shape index (κ3) is 5.76. The molecule has 1 aromatic heterocycles. The molecule has 1 fully saturated rings. The minimum absolute atomic E-state index is 0.0408. The van der Waals surface area contributed by atoms with Crippen LogP contribution in [0.15, 0.2) is 53.7 Å². The summed E-state index contributed by atoms with van der Waals surface area (Å²) in [6.07, 6.45) is 2.29. The molecule has 166 valence electrons. The number of sulfonamides is 1. The molecule has 1 aromatic carbocycles. The number of rotatable bonds is 7. The van der Waals surface area contributed by atoms with Crippen molar-refractivity contribution in [3.8, 4) is 0 Å². The van der Waals surface area contributed by atoms with Crippen molar-refractivity contribution in [3.63, 3.8) is 0 Å². The van der Waals surface area contributed by atoms with Crippen LogP contribution in [0.3, 0.4) is 0 Å². The standard InChI is InChI=1S/C20H25N5O5S/c1-15(23-31(28,29)17-7-4-3-5-8-17)19(27)30-16(2)18(26)24-11-13-25(14-12-24)20-21-9-6-10-22-20/h3-10,15-16,23H,11-14H2,1-2H3/t15-,16?/m0/s1. The molecule has 1 amide bonds. The van der Waals surface area contributed by atoms with Gasteiger partial charge in [0.05, 0.1) is 4.90 Å². The first-order valence-electron chi connectivity index (χ1n) is 9.86. The Morgan fingerprint density at radius 1 is 1.00 bits per heavy atom. The fourth-order valence-electron chi connectivity index (χ4n) is 3.11. The van der Waals surface area contributed by atoms with Gasteiger partial charge in [-0.1, -0.05) is 18.2 Å². The van der Waals surface area contributed by atoms with Gasteiger partial charge in [-0.05, 0) is 32.0 Å². The molecule has 0 spiro atoms. The van der Waals surface area contributed by atoms with E-state index in [1.807, 2.05) is 4.90 Å². The van der Waals surface area contributed by atoms with E-state index in [4.69, 9.17) is 4.74 Å². The van der Waals surface area contributed by atoms with Crippen LogP contribution in [0, 0.1) is 0 Å². The van der Waals surface area contributed by atoms with Crippen molar-refractivity contribution in [1.29, 1.82) is 0 Å². The number of anilines is 1. The van der Waals surface area contributed by atoms with Crippen molar-refractivity contribution in [1.82, 2.24) is 19.6 Å². The van der Waals surface area contributed by atoms with Gasteiger partial charge in [0.25, 0.3) is 5.91 Å². The molecule has 0 bridgehead atoms. The van der Waals surface area contributed by atoms with Gasteiger partial charge in [-0.2, -0.15) is 4.72 Å². The zero-order valence-corrected chi connectivity index (χ0v) is 18.2. The van der Waals surface area contributed by atoms with Gasteiger partial charge in [0, 0.05) is 38.6 Å². The second-order valence-corrected chi connectivity index (χ2v) is 8.81. The number of hydrogen-bond acceptors (Lipinski definition) is 8. The van der Waals surface area contributed by atoms with Crippen molar-refractivity contribution in [2.24, 2.45) is 0 Å². The van der Waals surface area contributed by atoms with E-state index in [1.165, 1.54) is 26.0 Å². The molecule has 1 unspecified atom stereocenters. The van der Waals surface area contributed by atoms with Gasteiger partial charge >= 0.3 is 5.97 Å². The maximum atomic E-state index is 12.7. The highest BCUT2D eigenvalue weighted by Crippen LogP contribution is 2.12. The number of esters is 1. The van der Waals surface area contributed by atoms with Crippen LogP contribution in [0.1, 0.15) is 13.8 Å². The number of carbonyl (C=O) groups excluding carboxylic acids is 2. The van der Waals surface area contributed by atoms with Crippen molar-refractivity contribution < 1.29 is 22.7 Å². The number of hydrogen-bond donors (Lipinski definition) is 1. The average molecular weight is 448 g/mol. The zero-order valence-electron chi connectivity index (χ0n) is 17.3. The predicted molar refractivity (Wildman–Crippen MR) is 113 cm³/mol. The first-order valence-corrected chi connectivity index (χ1v) is 11.3. The summed E-state index contributed by atoms with van der Waals surface area (Å²) in [5.74, 6) is -0.551. The van der Waals surface area contributed by atoms with E-state index in [1.54, 1.807) is 41.6 Å². The van der Waals surface area contributed by atoms with Crippen LogP contribution in [-0.4, -0.2) is 73.5 Å². The molecule has 2 atom stereocenters. The van der Waals surface area contributed by atoms with Gasteiger partial charge in [0.1, 0.15) is 6.04 Å². The minimum atomic E-state index is -3.88. The lowest BCUT2D eigenvalue weighted by Gasteiger charge is -2.35. The Hall–Kier alpha value is -3.05. The number of aromatic nitrogens is 2. The number of carbonyl (C=O) groups is 2. The van der Waals surface area contributed by atoms with Gasteiger partial charge in [-0.3, -0.25) is 9.59 Å². The molecular weight excluding hydrogens is 422 g/mol. The molecule has 0 aliphatic carbocycles. The van der Waals surface area contributed by atoms with Crippen molar-refractivity contribution in [3.05, 3.63) is 48.8 Å². The van der Waals surface area contributed by atoms with E-state index in [0.29, 0.717) is 32.1 Å². The predicted octanol–water partition coefficient (Wildman–Crippen LogP) is 0.424. The molecule has 31 heavy (non-hydrogen) atoms. The van der Waals surface area contributed by atoms with Crippen LogP contribution in [0.4, 0.5) is 5.95 Å². The average Bonchev–Trinajstić information content (AvgIpc) is 2.79. The summed E-state index contributed by atoms with van der Waals surface area (Å²) >= 11 is 0. The lowest BCUT2D eigenvalue weighted by atomic mass is 10.2. The second kappa shape index (κ2) is 9.84. The topological polar surface area (TPSA) is 122 Å². The number of benzene rings is 1. The number of nitrogens with one attached hydrogen (secondary N) is 1. The van der Waals surface area contributed by atoms with Crippen LogP contribution in [-0.2, 0) is 24.3 Å². The van der Waals surface area contributed by atoms with E-state index in [2.05, 4.69) is 14.7 Å². The Morgan fingerprint density at radius 2 is 1.61 bits per heavy atom. The maximum Gasteiger partial charge on any atom is 0.324 e. The lowest BCUT2D eigenvalue weighted by Crippen LogP contribution is -2.52. The third-order valence-corrected chi connectivity index (χ3v) is 6.36. The molecule has 1 N–H and O–H groups in total. The lowest BCUT2D eigenvalue weighted by molar-refractivity contribution is -0.160. The van der Waals surface area contributed by atoms with Crippen molar-refractivity contribution in [2.75, 3.05) is 31.1 Å². The fourth-order valence-corrected chi connectivity index (χ4v) is 4.33. The van der Waals surface area contributed by atoms with Crippen LogP contribution in [0.5, 0.6) is 0 Å². The highest BCUT2D eigenvalue weighted by atomic mass is 32.2. The molecule has 1 aliphatic heterocycles. The van der Waals surface area contributed by atoms with Crippen LogP contribution in [0.25, 0.3) is 0 Å². The molecule has 10 nitrogen and oxygen atoms in total. The summed E-state index contributed by atoms with van der Waals surface area (Å²) in [6.45, 7) is 4.85. The van der Waals surface area contributed by atoms with Crippen molar-refractivity contribution >= 4 is 27.8 Å². The SMILES string of the molecule is CC(OC(=O)[C@H](C)NS(=O)(=O)c1ccccc1)C(=O)N1CCN(c2ncccn2)CC1. The van der Waals surface area contributed by atoms with Gasteiger partial charge in [-0.25, -0.2) is 18.4 Å². The third-order valence-electron chi connectivity index (χ3n) is 4.81.